The maximum Gasteiger partial charge on any atom is 0.146 e. The van der Waals surface area contributed by atoms with Gasteiger partial charge in [-0.15, -0.1) is 0 Å². The molecule has 0 radical (unpaired) electrons. The van der Waals surface area contributed by atoms with Crippen LogP contribution in [0, 0.1) is 18.3 Å². The van der Waals surface area contributed by atoms with E-state index in [1.807, 2.05) is 31.2 Å². The van der Waals surface area contributed by atoms with Crippen LogP contribution in [-0.4, -0.2) is 47.7 Å². The Balaban J connectivity index is 1.57. The molecule has 24 heavy (non-hydrogen) atoms. The van der Waals surface area contributed by atoms with Gasteiger partial charge in [-0.05, 0) is 24.6 Å². The SMILES string of the molecule is Cc1ccc(C(O)CN2CCN(c3ncccc3C#N)CC2)cc1. The Morgan fingerprint density at radius 1 is 1.17 bits per heavy atom. The Labute approximate surface area is 142 Å². The number of nitrogens with zero attached hydrogens (tertiary/aromatic N) is 4. The smallest absolute Gasteiger partial charge is 0.146 e. The summed E-state index contributed by atoms with van der Waals surface area (Å²) in [6.45, 7) is 6.00. The summed E-state index contributed by atoms with van der Waals surface area (Å²) in [6, 6.07) is 13.8. The van der Waals surface area contributed by atoms with E-state index in [0.29, 0.717) is 12.1 Å². The minimum absolute atomic E-state index is 0.471. The first-order valence-electron chi connectivity index (χ1n) is 8.24. The Kier molecular flexibility index (Phi) is 5.09. The van der Waals surface area contributed by atoms with Crippen molar-refractivity contribution in [2.75, 3.05) is 37.6 Å². The summed E-state index contributed by atoms with van der Waals surface area (Å²) in [4.78, 5) is 8.76. The van der Waals surface area contributed by atoms with Gasteiger partial charge in [0.25, 0.3) is 0 Å². The van der Waals surface area contributed by atoms with Crippen LogP contribution < -0.4 is 4.90 Å². The molecule has 5 heteroatoms. The molecule has 1 unspecified atom stereocenters. The van der Waals surface area contributed by atoms with Crippen molar-refractivity contribution >= 4 is 5.82 Å². The number of aliphatic hydroxyl groups is 1. The van der Waals surface area contributed by atoms with Crippen LogP contribution in [0.3, 0.4) is 0 Å². The molecule has 3 rings (SSSR count). The van der Waals surface area contributed by atoms with Crippen molar-refractivity contribution in [3.8, 4) is 6.07 Å². The summed E-state index contributed by atoms with van der Waals surface area (Å²) in [6.07, 6.45) is 1.26. The van der Waals surface area contributed by atoms with Crippen molar-refractivity contribution in [2.24, 2.45) is 0 Å². The van der Waals surface area contributed by atoms with Gasteiger partial charge in [-0.1, -0.05) is 29.8 Å². The van der Waals surface area contributed by atoms with E-state index in [4.69, 9.17) is 0 Å². The Morgan fingerprint density at radius 3 is 2.54 bits per heavy atom. The van der Waals surface area contributed by atoms with Gasteiger partial charge in [-0.3, -0.25) is 4.90 Å². The van der Waals surface area contributed by atoms with Crippen LogP contribution >= 0.6 is 0 Å². The number of aromatic nitrogens is 1. The zero-order chi connectivity index (χ0) is 16.9. The number of aliphatic hydroxyl groups excluding tert-OH is 1. The average Bonchev–Trinajstić information content (AvgIpc) is 2.63. The van der Waals surface area contributed by atoms with Crippen LogP contribution in [0.2, 0.25) is 0 Å². The predicted molar refractivity (Wildman–Crippen MR) is 93.7 cm³/mol. The average molecular weight is 322 g/mol. The first-order chi connectivity index (χ1) is 11.7. The summed E-state index contributed by atoms with van der Waals surface area (Å²) < 4.78 is 0. The molecule has 5 nitrogen and oxygen atoms in total. The molecule has 1 aliphatic heterocycles. The van der Waals surface area contributed by atoms with Gasteiger partial charge in [-0.2, -0.15) is 5.26 Å². The van der Waals surface area contributed by atoms with Gasteiger partial charge in [-0.25, -0.2) is 4.98 Å². The van der Waals surface area contributed by atoms with Gasteiger partial charge < -0.3 is 10.0 Å². The van der Waals surface area contributed by atoms with Crippen LogP contribution in [0.4, 0.5) is 5.82 Å². The molecule has 0 spiro atoms. The van der Waals surface area contributed by atoms with E-state index in [2.05, 4.69) is 20.9 Å². The monoisotopic (exact) mass is 322 g/mol. The number of aryl methyl sites for hydroxylation is 1. The van der Waals surface area contributed by atoms with Crippen molar-refractivity contribution in [1.82, 2.24) is 9.88 Å². The van der Waals surface area contributed by atoms with Gasteiger partial charge in [0.2, 0.25) is 0 Å². The molecule has 1 aromatic carbocycles. The zero-order valence-corrected chi connectivity index (χ0v) is 13.9. The number of hydrogen-bond acceptors (Lipinski definition) is 5. The van der Waals surface area contributed by atoms with Crippen LogP contribution in [0.15, 0.2) is 42.6 Å². The number of piperazine rings is 1. The number of hydrogen-bond donors (Lipinski definition) is 1. The highest BCUT2D eigenvalue weighted by molar-refractivity contribution is 5.53. The molecule has 0 saturated carbocycles. The number of nitriles is 1. The van der Waals surface area contributed by atoms with E-state index in [9.17, 15) is 10.4 Å². The predicted octanol–water partition coefficient (Wildman–Crippen LogP) is 2.12. The van der Waals surface area contributed by atoms with E-state index in [1.165, 1.54) is 5.56 Å². The third-order valence-electron chi connectivity index (χ3n) is 4.47. The third-order valence-corrected chi connectivity index (χ3v) is 4.47. The summed E-state index contributed by atoms with van der Waals surface area (Å²) >= 11 is 0. The maximum absolute atomic E-state index is 10.4. The molecule has 1 N–H and O–H groups in total. The molecule has 124 valence electrons. The minimum Gasteiger partial charge on any atom is -0.387 e. The quantitative estimate of drug-likeness (QED) is 0.934. The Hall–Kier alpha value is -2.42. The largest absolute Gasteiger partial charge is 0.387 e. The number of benzene rings is 1. The lowest BCUT2D eigenvalue weighted by Gasteiger charge is -2.36. The van der Waals surface area contributed by atoms with E-state index in [1.54, 1.807) is 18.3 Å². The Morgan fingerprint density at radius 2 is 1.88 bits per heavy atom. The first-order valence-corrected chi connectivity index (χ1v) is 8.24. The highest BCUT2D eigenvalue weighted by Crippen LogP contribution is 2.20. The summed E-state index contributed by atoms with van der Waals surface area (Å²) in [5.41, 5.74) is 2.77. The zero-order valence-electron chi connectivity index (χ0n) is 13.9. The summed E-state index contributed by atoms with van der Waals surface area (Å²) in [5.74, 6) is 0.763. The van der Waals surface area contributed by atoms with Crippen LogP contribution in [0.25, 0.3) is 0 Å². The van der Waals surface area contributed by atoms with Crippen molar-refractivity contribution in [1.29, 1.82) is 5.26 Å². The molecule has 1 aromatic heterocycles. The third kappa shape index (κ3) is 3.73. The second kappa shape index (κ2) is 7.43. The van der Waals surface area contributed by atoms with Crippen LogP contribution in [0.5, 0.6) is 0 Å². The maximum atomic E-state index is 10.4. The minimum atomic E-state index is -0.471. The van der Waals surface area contributed by atoms with E-state index < -0.39 is 6.10 Å². The number of anilines is 1. The fraction of sp³-hybridized carbons (Fsp3) is 0.368. The van der Waals surface area contributed by atoms with Crippen LogP contribution in [-0.2, 0) is 0 Å². The molecule has 0 amide bonds. The topological polar surface area (TPSA) is 63.4 Å². The standard InChI is InChI=1S/C19H22N4O/c1-15-4-6-16(7-5-15)18(24)14-22-9-11-23(12-10-22)19-17(13-20)3-2-8-21-19/h2-8,18,24H,9-12,14H2,1H3. The second-order valence-electron chi connectivity index (χ2n) is 6.20. The molecular weight excluding hydrogens is 300 g/mol. The molecule has 2 heterocycles. The lowest BCUT2D eigenvalue weighted by molar-refractivity contribution is 0.109. The van der Waals surface area contributed by atoms with Crippen molar-refractivity contribution in [3.05, 3.63) is 59.3 Å². The number of pyridine rings is 1. The van der Waals surface area contributed by atoms with E-state index in [-0.39, 0.29) is 0 Å². The molecule has 1 saturated heterocycles. The highest BCUT2D eigenvalue weighted by atomic mass is 16.3. The summed E-state index contributed by atoms with van der Waals surface area (Å²) in [7, 11) is 0. The fourth-order valence-electron chi connectivity index (χ4n) is 3.02. The summed E-state index contributed by atoms with van der Waals surface area (Å²) in [5, 5.41) is 19.6. The van der Waals surface area contributed by atoms with Gasteiger partial charge in [0.05, 0.1) is 11.7 Å². The van der Waals surface area contributed by atoms with Crippen molar-refractivity contribution in [2.45, 2.75) is 13.0 Å². The lowest BCUT2D eigenvalue weighted by Crippen LogP contribution is -2.48. The number of β-amino-alcohol motifs (C(OH)–C–C–N with tert-alkyl or cyclic N) is 1. The molecule has 1 fully saturated rings. The van der Waals surface area contributed by atoms with Crippen molar-refractivity contribution < 1.29 is 5.11 Å². The van der Waals surface area contributed by atoms with Gasteiger partial charge >= 0.3 is 0 Å². The normalized spacial score (nSPS) is 16.6. The second-order valence-corrected chi connectivity index (χ2v) is 6.20. The van der Waals surface area contributed by atoms with Crippen molar-refractivity contribution in [3.63, 3.8) is 0 Å². The lowest BCUT2D eigenvalue weighted by atomic mass is 10.1. The van der Waals surface area contributed by atoms with Crippen LogP contribution in [0.1, 0.15) is 22.8 Å². The fourth-order valence-corrected chi connectivity index (χ4v) is 3.02. The first kappa shape index (κ1) is 16.4. The van der Waals surface area contributed by atoms with Gasteiger partial charge in [0.15, 0.2) is 0 Å². The molecular formula is C19H22N4O. The van der Waals surface area contributed by atoms with Gasteiger partial charge in [0.1, 0.15) is 11.9 Å². The molecule has 0 aliphatic carbocycles. The highest BCUT2D eigenvalue weighted by Gasteiger charge is 2.22. The Bertz CT molecular complexity index is 715. The molecule has 1 aliphatic rings. The van der Waals surface area contributed by atoms with E-state index in [0.717, 1.165) is 37.6 Å². The van der Waals surface area contributed by atoms with Gasteiger partial charge in [0, 0.05) is 38.9 Å². The number of rotatable bonds is 4. The molecule has 0 bridgehead atoms. The molecule has 2 aromatic rings. The molecule has 1 atom stereocenters. The van der Waals surface area contributed by atoms with E-state index >= 15 is 0 Å².